The first-order valence-electron chi connectivity index (χ1n) is 6.85. The van der Waals surface area contributed by atoms with Gasteiger partial charge in [-0.25, -0.2) is 4.79 Å². The summed E-state index contributed by atoms with van der Waals surface area (Å²) in [7, 11) is 0. The Morgan fingerprint density at radius 3 is 2.62 bits per heavy atom. The SMILES string of the molecule is C#CCCNC(=O)NC(CCC(=O)O)Cc1ccccc1. The minimum absolute atomic E-state index is 0.0160. The summed E-state index contributed by atoms with van der Waals surface area (Å²) in [4.78, 5) is 22.4. The number of aliphatic carboxylic acids is 1. The number of nitrogens with one attached hydrogen (secondary N) is 2. The number of carbonyl (C=O) groups is 2. The number of benzene rings is 1. The molecule has 0 heterocycles. The van der Waals surface area contributed by atoms with Gasteiger partial charge in [-0.15, -0.1) is 12.3 Å². The third kappa shape index (κ3) is 7.63. The zero-order valence-electron chi connectivity index (χ0n) is 11.8. The largest absolute Gasteiger partial charge is 0.481 e. The maximum absolute atomic E-state index is 11.7. The summed E-state index contributed by atoms with van der Waals surface area (Å²) in [5, 5.41) is 14.2. The summed E-state index contributed by atoms with van der Waals surface area (Å²) < 4.78 is 0. The highest BCUT2D eigenvalue weighted by Crippen LogP contribution is 2.08. The van der Waals surface area contributed by atoms with Gasteiger partial charge in [0.15, 0.2) is 0 Å². The van der Waals surface area contributed by atoms with Crippen LogP contribution >= 0.6 is 0 Å². The van der Waals surface area contributed by atoms with Crippen molar-refractivity contribution in [2.45, 2.75) is 31.7 Å². The van der Waals surface area contributed by atoms with E-state index >= 15 is 0 Å². The Morgan fingerprint density at radius 1 is 1.29 bits per heavy atom. The Morgan fingerprint density at radius 2 is 2.00 bits per heavy atom. The fourth-order valence-corrected chi connectivity index (χ4v) is 1.91. The van der Waals surface area contributed by atoms with Crippen LogP contribution in [-0.2, 0) is 11.2 Å². The van der Waals surface area contributed by atoms with Gasteiger partial charge < -0.3 is 15.7 Å². The Kier molecular flexibility index (Phi) is 7.44. The zero-order valence-corrected chi connectivity index (χ0v) is 11.8. The Labute approximate surface area is 124 Å². The molecule has 0 saturated carbocycles. The third-order valence-corrected chi connectivity index (χ3v) is 2.92. The fraction of sp³-hybridized carbons (Fsp3) is 0.375. The first-order valence-corrected chi connectivity index (χ1v) is 6.85. The van der Waals surface area contributed by atoms with Gasteiger partial charge in [0.2, 0.25) is 0 Å². The summed E-state index contributed by atoms with van der Waals surface area (Å²) in [6.07, 6.45) is 6.57. The topological polar surface area (TPSA) is 78.4 Å². The molecule has 1 atom stereocenters. The fourth-order valence-electron chi connectivity index (χ4n) is 1.91. The molecule has 1 rings (SSSR count). The predicted molar refractivity (Wildman–Crippen MR) is 80.8 cm³/mol. The second-order valence-corrected chi connectivity index (χ2v) is 4.67. The maximum atomic E-state index is 11.7. The highest BCUT2D eigenvalue weighted by Gasteiger charge is 2.14. The molecule has 0 aliphatic carbocycles. The lowest BCUT2D eigenvalue weighted by Gasteiger charge is -2.18. The van der Waals surface area contributed by atoms with Gasteiger partial charge in [-0.3, -0.25) is 4.79 Å². The second-order valence-electron chi connectivity index (χ2n) is 4.67. The molecule has 0 aliphatic rings. The van der Waals surface area contributed by atoms with Crippen LogP contribution in [0.4, 0.5) is 4.79 Å². The molecule has 0 fully saturated rings. The molecule has 0 spiro atoms. The molecule has 21 heavy (non-hydrogen) atoms. The zero-order chi connectivity index (χ0) is 15.5. The number of carboxylic acids is 1. The van der Waals surface area contributed by atoms with Gasteiger partial charge in [-0.2, -0.15) is 0 Å². The van der Waals surface area contributed by atoms with E-state index in [0.717, 1.165) is 5.56 Å². The van der Waals surface area contributed by atoms with Crippen LogP contribution in [0, 0.1) is 12.3 Å². The molecule has 1 aromatic rings. The van der Waals surface area contributed by atoms with Crippen LogP contribution < -0.4 is 10.6 Å². The van der Waals surface area contributed by atoms with E-state index in [4.69, 9.17) is 11.5 Å². The summed E-state index contributed by atoms with van der Waals surface area (Å²) >= 11 is 0. The van der Waals surface area contributed by atoms with Crippen LogP contribution in [0.1, 0.15) is 24.8 Å². The van der Waals surface area contributed by atoms with Gasteiger partial charge in [0, 0.05) is 25.4 Å². The Balaban J connectivity index is 2.53. The van der Waals surface area contributed by atoms with Crippen molar-refractivity contribution in [1.29, 1.82) is 0 Å². The molecule has 1 unspecified atom stereocenters. The first-order chi connectivity index (χ1) is 10.1. The molecule has 0 aromatic heterocycles. The van der Waals surface area contributed by atoms with Gasteiger partial charge >= 0.3 is 12.0 Å². The summed E-state index contributed by atoms with van der Waals surface area (Å²) in [6, 6.07) is 9.09. The van der Waals surface area contributed by atoms with E-state index in [2.05, 4.69) is 16.6 Å². The van der Waals surface area contributed by atoms with E-state index in [1.54, 1.807) is 0 Å². The summed E-state index contributed by atoms with van der Waals surface area (Å²) in [5.41, 5.74) is 1.05. The van der Waals surface area contributed by atoms with Crippen molar-refractivity contribution in [3.05, 3.63) is 35.9 Å². The number of amides is 2. The third-order valence-electron chi connectivity index (χ3n) is 2.92. The highest BCUT2D eigenvalue weighted by molar-refractivity contribution is 5.74. The minimum Gasteiger partial charge on any atom is -0.481 e. The van der Waals surface area contributed by atoms with Crippen LogP contribution in [0.2, 0.25) is 0 Å². The lowest BCUT2D eigenvalue weighted by Crippen LogP contribution is -2.43. The van der Waals surface area contributed by atoms with Crippen molar-refractivity contribution >= 4 is 12.0 Å². The van der Waals surface area contributed by atoms with Crippen molar-refractivity contribution in [2.24, 2.45) is 0 Å². The molecule has 2 amide bonds. The van der Waals surface area contributed by atoms with Gasteiger partial charge in [0.25, 0.3) is 0 Å². The van der Waals surface area contributed by atoms with E-state index in [-0.39, 0.29) is 18.5 Å². The normalized spacial score (nSPS) is 11.2. The van der Waals surface area contributed by atoms with Crippen molar-refractivity contribution < 1.29 is 14.7 Å². The maximum Gasteiger partial charge on any atom is 0.315 e. The molecule has 0 aliphatic heterocycles. The summed E-state index contributed by atoms with van der Waals surface area (Å²) in [5.74, 6) is 1.56. The second kappa shape index (κ2) is 9.43. The molecule has 0 bridgehead atoms. The first kappa shape index (κ1) is 16.6. The predicted octanol–water partition coefficient (Wildman–Crippen LogP) is 1.78. The molecule has 5 heteroatoms. The molecular formula is C16H20N2O3. The van der Waals surface area contributed by atoms with Crippen LogP contribution in [-0.4, -0.2) is 29.7 Å². The van der Waals surface area contributed by atoms with Gasteiger partial charge in [0.1, 0.15) is 0 Å². The quantitative estimate of drug-likeness (QED) is 0.504. The number of hydrogen-bond donors (Lipinski definition) is 3. The summed E-state index contributed by atoms with van der Waals surface area (Å²) in [6.45, 7) is 0.402. The molecule has 3 N–H and O–H groups in total. The van der Waals surface area contributed by atoms with E-state index in [1.165, 1.54) is 0 Å². The highest BCUT2D eigenvalue weighted by atomic mass is 16.4. The van der Waals surface area contributed by atoms with Crippen LogP contribution in [0.25, 0.3) is 0 Å². The monoisotopic (exact) mass is 288 g/mol. The molecule has 0 radical (unpaired) electrons. The number of carbonyl (C=O) groups excluding carboxylic acids is 1. The van der Waals surface area contributed by atoms with E-state index in [9.17, 15) is 9.59 Å². The van der Waals surface area contributed by atoms with Crippen LogP contribution in [0.15, 0.2) is 30.3 Å². The van der Waals surface area contributed by atoms with Gasteiger partial charge in [-0.05, 0) is 18.4 Å². The van der Waals surface area contributed by atoms with Crippen molar-refractivity contribution in [2.75, 3.05) is 6.54 Å². The number of urea groups is 1. The number of rotatable bonds is 8. The molecule has 1 aromatic carbocycles. The lowest BCUT2D eigenvalue weighted by atomic mass is 10.0. The van der Waals surface area contributed by atoms with E-state index in [0.29, 0.717) is 25.8 Å². The Hall–Kier alpha value is -2.48. The standard InChI is InChI=1S/C16H20N2O3/c1-2-3-11-17-16(21)18-14(9-10-15(19)20)12-13-7-5-4-6-8-13/h1,4-8,14H,3,9-12H2,(H,19,20)(H2,17,18,21). The number of carboxylic acid groups (broad SMARTS) is 1. The molecular weight excluding hydrogens is 268 g/mol. The van der Waals surface area contributed by atoms with E-state index < -0.39 is 5.97 Å². The average molecular weight is 288 g/mol. The van der Waals surface area contributed by atoms with Crippen molar-refractivity contribution in [1.82, 2.24) is 10.6 Å². The number of terminal acetylenes is 1. The minimum atomic E-state index is -0.873. The smallest absolute Gasteiger partial charge is 0.315 e. The molecule has 0 saturated heterocycles. The lowest BCUT2D eigenvalue weighted by molar-refractivity contribution is -0.137. The average Bonchev–Trinajstić information content (AvgIpc) is 2.46. The van der Waals surface area contributed by atoms with Crippen LogP contribution in [0.3, 0.4) is 0 Å². The van der Waals surface area contributed by atoms with Crippen LogP contribution in [0.5, 0.6) is 0 Å². The van der Waals surface area contributed by atoms with Crippen molar-refractivity contribution in [3.63, 3.8) is 0 Å². The Bertz CT molecular complexity index is 494. The van der Waals surface area contributed by atoms with Gasteiger partial charge in [-0.1, -0.05) is 30.3 Å². The number of hydrogen-bond acceptors (Lipinski definition) is 2. The van der Waals surface area contributed by atoms with Crippen molar-refractivity contribution in [3.8, 4) is 12.3 Å². The van der Waals surface area contributed by atoms with Gasteiger partial charge in [0.05, 0.1) is 0 Å². The molecule has 112 valence electrons. The molecule has 5 nitrogen and oxygen atoms in total. The van der Waals surface area contributed by atoms with E-state index in [1.807, 2.05) is 30.3 Å².